The summed E-state index contributed by atoms with van der Waals surface area (Å²) in [5, 5.41) is 0.600. The van der Waals surface area contributed by atoms with E-state index in [4.69, 9.17) is 5.73 Å². The Hall–Kier alpha value is -0.540. The molecule has 0 spiro atoms. The summed E-state index contributed by atoms with van der Waals surface area (Å²) in [6, 6.07) is 4.10. The first kappa shape index (κ1) is 10.5. The van der Waals surface area contributed by atoms with Gasteiger partial charge in [0.15, 0.2) is 0 Å². The first-order chi connectivity index (χ1) is 6.09. The van der Waals surface area contributed by atoms with Gasteiger partial charge < -0.3 is 5.73 Å². The van der Waals surface area contributed by atoms with E-state index in [0.29, 0.717) is 5.25 Å². The van der Waals surface area contributed by atoms with Crippen LogP contribution >= 0.6 is 11.8 Å². The lowest BCUT2D eigenvalue weighted by atomic mass is 10.2. The van der Waals surface area contributed by atoms with E-state index in [1.165, 1.54) is 4.90 Å². The summed E-state index contributed by atoms with van der Waals surface area (Å²) in [5.74, 6) is 0. The molecule has 0 radical (unpaired) electrons. The van der Waals surface area contributed by atoms with Crippen molar-refractivity contribution < 1.29 is 0 Å². The fourth-order valence-electron chi connectivity index (χ4n) is 1.00. The lowest BCUT2D eigenvalue weighted by molar-refractivity contribution is 0.777. The van der Waals surface area contributed by atoms with Gasteiger partial charge in [0.2, 0.25) is 0 Å². The van der Waals surface area contributed by atoms with Crippen LogP contribution in [0.3, 0.4) is 0 Å². The summed E-state index contributed by atoms with van der Waals surface area (Å²) >= 11 is 1.82. The monoisotopic (exact) mass is 196 g/mol. The van der Waals surface area contributed by atoms with Crippen LogP contribution in [-0.2, 0) is 0 Å². The molecule has 0 bridgehead atoms. The maximum Gasteiger partial charge on any atom is 0.0569 e. The van der Waals surface area contributed by atoms with Crippen molar-refractivity contribution in [1.82, 2.24) is 4.98 Å². The predicted molar refractivity (Wildman–Crippen MR) is 57.8 cm³/mol. The molecule has 0 amide bonds. The van der Waals surface area contributed by atoms with Gasteiger partial charge in [-0.2, -0.15) is 0 Å². The summed E-state index contributed by atoms with van der Waals surface area (Å²) in [6.45, 7) is 6.28. The molecule has 3 heteroatoms. The molecule has 2 N–H and O–H groups in total. The highest BCUT2D eigenvalue weighted by atomic mass is 32.2. The van der Waals surface area contributed by atoms with E-state index in [1.54, 1.807) is 0 Å². The van der Waals surface area contributed by atoms with E-state index in [9.17, 15) is 0 Å². The van der Waals surface area contributed by atoms with Crippen molar-refractivity contribution in [2.75, 3.05) is 0 Å². The number of rotatable bonds is 3. The Balaban J connectivity index is 2.70. The van der Waals surface area contributed by atoms with E-state index < -0.39 is 0 Å². The standard InChI is InChI=1S/C10H16N2S/c1-7(2)13-9-4-5-10(8(3)11)12-6-9/h4-8H,11H2,1-3H3/t8-/m1/s1. The maximum absolute atomic E-state index is 5.70. The van der Waals surface area contributed by atoms with Crippen molar-refractivity contribution in [3.05, 3.63) is 24.0 Å². The number of hydrogen-bond donors (Lipinski definition) is 1. The van der Waals surface area contributed by atoms with Crippen LogP contribution in [0, 0.1) is 0 Å². The first-order valence-corrected chi connectivity index (χ1v) is 5.35. The number of pyridine rings is 1. The van der Waals surface area contributed by atoms with Crippen LogP contribution in [0.25, 0.3) is 0 Å². The summed E-state index contributed by atoms with van der Waals surface area (Å²) in [5.41, 5.74) is 6.65. The molecule has 1 atom stereocenters. The minimum Gasteiger partial charge on any atom is -0.323 e. The summed E-state index contributed by atoms with van der Waals surface area (Å²) in [7, 11) is 0. The Bertz CT molecular complexity index is 254. The molecule has 0 aliphatic carbocycles. The maximum atomic E-state index is 5.70. The normalized spacial score (nSPS) is 13.3. The van der Waals surface area contributed by atoms with Gasteiger partial charge in [-0.25, -0.2) is 0 Å². The summed E-state index contributed by atoms with van der Waals surface area (Å²) in [6.07, 6.45) is 1.89. The molecule has 1 rings (SSSR count). The average Bonchev–Trinajstić information content (AvgIpc) is 2.04. The highest BCUT2D eigenvalue weighted by Gasteiger charge is 2.02. The van der Waals surface area contributed by atoms with Gasteiger partial charge in [-0.1, -0.05) is 13.8 Å². The largest absolute Gasteiger partial charge is 0.323 e. The SMILES string of the molecule is CC(C)Sc1ccc([C@@H](C)N)nc1. The van der Waals surface area contributed by atoms with E-state index >= 15 is 0 Å². The molecular formula is C10H16N2S. The highest BCUT2D eigenvalue weighted by molar-refractivity contribution is 7.99. The second kappa shape index (κ2) is 4.63. The van der Waals surface area contributed by atoms with Gasteiger partial charge in [-0.05, 0) is 19.1 Å². The number of aromatic nitrogens is 1. The fourth-order valence-corrected chi connectivity index (χ4v) is 1.81. The molecule has 1 aromatic heterocycles. The smallest absolute Gasteiger partial charge is 0.0569 e. The van der Waals surface area contributed by atoms with Crippen LogP contribution in [0.1, 0.15) is 32.5 Å². The highest BCUT2D eigenvalue weighted by Crippen LogP contribution is 2.22. The minimum absolute atomic E-state index is 0.0260. The lowest BCUT2D eigenvalue weighted by Crippen LogP contribution is -2.06. The molecule has 1 aromatic rings. The Morgan fingerprint density at radius 1 is 1.31 bits per heavy atom. The number of thioether (sulfide) groups is 1. The molecule has 0 aliphatic rings. The first-order valence-electron chi connectivity index (χ1n) is 4.48. The van der Waals surface area contributed by atoms with Crippen LogP contribution in [0.4, 0.5) is 0 Å². The third-order valence-electron chi connectivity index (χ3n) is 1.60. The molecule has 72 valence electrons. The zero-order valence-electron chi connectivity index (χ0n) is 8.32. The quantitative estimate of drug-likeness (QED) is 0.755. The second-order valence-corrected chi connectivity index (χ2v) is 5.02. The molecular weight excluding hydrogens is 180 g/mol. The minimum atomic E-state index is 0.0260. The van der Waals surface area contributed by atoms with E-state index in [2.05, 4.69) is 24.9 Å². The third-order valence-corrected chi connectivity index (χ3v) is 2.58. The van der Waals surface area contributed by atoms with Gasteiger partial charge in [-0.3, -0.25) is 4.98 Å². The Morgan fingerprint density at radius 3 is 2.38 bits per heavy atom. The molecule has 13 heavy (non-hydrogen) atoms. The van der Waals surface area contributed by atoms with Gasteiger partial charge in [0.1, 0.15) is 0 Å². The number of nitrogens with two attached hydrogens (primary N) is 1. The fraction of sp³-hybridized carbons (Fsp3) is 0.500. The van der Waals surface area contributed by atoms with E-state index in [-0.39, 0.29) is 6.04 Å². The Kier molecular flexibility index (Phi) is 3.75. The average molecular weight is 196 g/mol. The molecule has 0 saturated heterocycles. The zero-order chi connectivity index (χ0) is 9.84. The van der Waals surface area contributed by atoms with Crippen molar-refractivity contribution >= 4 is 11.8 Å². The molecule has 1 heterocycles. The van der Waals surface area contributed by atoms with Gasteiger partial charge in [0.25, 0.3) is 0 Å². The Labute approximate surface area is 83.9 Å². The predicted octanol–water partition coefficient (Wildman–Crippen LogP) is 2.60. The third kappa shape index (κ3) is 3.36. The molecule has 0 fully saturated rings. The molecule has 0 aliphatic heterocycles. The van der Waals surface area contributed by atoms with Crippen molar-refractivity contribution in [3.8, 4) is 0 Å². The van der Waals surface area contributed by atoms with Gasteiger partial charge in [0, 0.05) is 22.4 Å². The van der Waals surface area contributed by atoms with E-state index in [0.717, 1.165) is 5.69 Å². The second-order valence-electron chi connectivity index (χ2n) is 3.37. The van der Waals surface area contributed by atoms with Crippen LogP contribution in [0.2, 0.25) is 0 Å². The van der Waals surface area contributed by atoms with E-state index in [1.807, 2.05) is 30.9 Å². The summed E-state index contributed by atoms with van der Waals surface area (Å²) < 4.78 is 0. The van der Waals surface area contributed by atoms with Crippen LogP contribution in [-0.4, -0.2) is 10.2 Å². The van der Waals surface area contributed by atoms with Crippen molar-refractivity contribution in [2.45, 2.75) is 37.0 Å². The molecule has 2 nitrogen and oxygen atoms in total. The molecule has 0 unspecified atom stereocenters. The van der Waals surface area contributed by atoms with Gasteiger partial charge >= 0.3 is 0 Å². The molecule has 0 saturated carbocycles. The topological polar surface area (TPSA) is 38.9 Å². The van der Waals surface area contributed by atoms with Gasteiger partial charge in [0.05, 0.1) is 5.69 Å². The van der Waals surface area contributed by atoms with Crippen molar-refractivity contribution in [1.29, 1.82) is 0 Å². The van der Waals surface area contributed by atoms with Gasteiger partial charge in [-0.15, -0.1) is 11.8 Å². The Morgan fingerprint density at radius 2 is 2.00 bits per heavy atom. The van der Waals surface area contributed by atoms with Crippen molar-refractivity contribution in [3.63, 3.8) is 0 Å². The van der Waals surface area contributed by atoms with Crippen LogP contribution in [0.15, 0.2) is 23.2 Å². The van der Waals surface area contributed by atoms with Crippen LogP contribution in [0.5, 0.6) is 0 Å². The van der Waals surface area contributed by atoms with Crippen LogP contribution < -0.4 is 5.73 Å². The number of hydrogen-bond acceptors (Lipinski definition) is 3. The van der Waals surface area contributed by atoms with Crippen molar-refractivity contribution in [2.24, 2.45) is 5.73 Å². The zero-order valence-corrected chi connectivity index (χ0v) is 9.14. The summed E-state index contributed by atoms with van der Waals surface area (Å²) in [4.78, 5) is 5.49. The number of nitrogens with zero attached hydrogens (tertiary/aromatic N) is 1. The lowest BCUT2D eigenvalue weighted by Gasteiger charge is -2.07. The molecule has 0 aromatic carbocycles.